The number of amides is 1. The largest absolute Gasteiger partial charge is 0.393 e. The molecule has 0 spiro atoms. The standard InChI is InChI=1S/C17H16F3NO/c18-17(19,20)13-7-4-10-21(11-13)16(22)15-9-3-6-12-5-1-2-8-14(12)15/h1-3,5-6,8-9,13H,4,7,10-11H2. The first-order valence-corrected chi connectivity index (χ1v) is 7.30. The molecule has 1 saturated heterocycles. The maximum atomic E-state index is 12.9. The molecule has 1 fully saturated rings. The molecular weight excluding hydrogens is 291 g/mol. The summed E-state index contributed by atoms with van der Waals surface area (Å²) in [5.74, 6) is -1.73. The molecule has 2 aromatic carbocycles. The molecule has 22 heavy (non-hydrogen) atoms. The van der Waals surface area contributed by atoms with Crippen molar-refractivity contribution in [3.63, 3.8) is 0 Å². The minimum absolute atomic E-state index is 0.100. The first kappa shape index (κ1) is 14.9. The van der Waals surface area contributed by atoms with E-state index in [0.29, 0.717) is 18.5 Å². The first-order chi connectivity index (χ1) is 10.5. The number of halogens is 3. The van der Waals surface area contributed by atoms with Crippen molar-refractivity contribution in [2.75, 3.05) is 13.1 Å². The van der Waals surface area contributed by atoms with Gasteiger partial charge in [0.05, 0.1) is 5.92 Å². The molecule has 5 heteroatoms. The lowest BCUT2D eigenvalue weighted by atomic mass is 9.96. The quantitative estimate of drug-likeness (QED) is 0.771. The Hall–Kier alpha value is -2.04. The number of hydrogen-bond donors (Lipinski definition) is 0. The van der Waals surface area contributed by atoms with Gasteiger partial charge in [-0.3, -0.25) is 4.79 Å². The Bertz CT molecular complexity index is 690. The van der Waals surface area contributed by atoms with E-state index in [0.717, 1.165) is 10.8 Å². The summed E-state index contributed by atoms with van der Waals surface area (Å²) in [5.41, 5.74) is 0.473. The van der Waals surface area contributed by atoms with Crippen LogP contribution in [0.2, 0.25) is 0 Å². The number of carbonyl (C=O) groups is 1. The minimum Gasteiger partial charge on any atom is -0.338 e. The Balaban J connectivity index is 1.90. The van der Waals surface area contributed by atoms with Crippen molar-refractivity contribution < 1.29 is 18.0 Å². The molecule has 116 valence electrons. The average molecular weight is 307 g/mol. The topological polar surface area (TPSA) is 20.3 Å². The Kier molecular flexibility index (Phi) is 3.81. The van der Waals surface area contributed by atoms with E-state index >= 15 is 0 Å². The van der Waals surface area contributed by atoms with Crippen LogP contribution in [0.15, 0.2) is 42.5 Å². The number of nitrogens with zero attached hydrogens (tertiary/aromatic N) is 1. The molecule has 0 radical (unpaired) electrons. The van der Waals surface area contributed by atoms with Crippen molar-refractivity contribution in [2.45, 2.75) is 19.0 Å². The molecular formula is C17H16F3NO. The summed E-state index contributed by atoms with van der Waals surface area (Å²) in [4.78, 5) is 14.0. The highest BCUT2D eigenvalue weighted by molar-refractivity contribution is 6.07. The lowest BCUT2D eigenvalue weighted by Crippen LogP contribution is -2.44. The van der Waals surface area contributed by atoms with E-state index in [1.807, 2.05) is 30.3 Å². The van der Waals surface area contributed by atoms with Crippen LogP contribution in [0.1, 0.15) is 23.2 Å². The van der Waals surface area contributed by atoms with Crippen molar-refractivity contribution in [2.24, 2.45) is 5.92 Å². The smallest absolute Gasteiger partial charge is 0.338 e. The van der Waals surface area contributed by atoms with Crippen LogP contribution in [0.25, 0.3) is 10.8 Å². The third kappa shape index (κ3) is 2.80. The van der Waals surface area contributed by atoms with E-state index < -0.39 is 12.1 Å². The van der Waals surface area contributed by atoms with Crippen LogP contribution in [0, 0.1) is 5.92 Å². The summed E-state index contributed by atoms with van der Waals surface area (Å²) in [7, 11) is 0. The van der Waals surface area contributed by atoms with E-state index in [1.165, 1.54) is 4.90 Å². The maximum absolute atomic E-state index is 12.9. The molecule has 0 N–H and O–H groups in total. The number of alkyl halides is 3. The monoisotopic (exact) mass is 307 g/mol. The fraction of sp³-hybridized carbons (Fsp3) is 0.353. The number of likely N-dealkylation sites (tertiary alicyclic amines) is 1. The summed E-state index contributed by atoms with van der Waals surface area (Å²) in [6, 6.07) is 12.8. The Labute approximate surface area is 126 Å². The van der Waals surface area contributed by atoms with Gasteiger partial charge < -0.3 is 4.90 Å². The fourth-order valence-corrected chi connectivity index (χ4v) is 3.01. The zero-order chi connectivity index (χ0) is 15.7. The molecule has 1 amide bonds. The zero-order valence-corrected chi connectivity index (χ0v) is 11.9. The summed E-state index contributed by atoms with van der Waals surface area (Å²) < 4.78 is 38.7. The molecule has 1 aliphatic heterocycles. The highest BCUT2D eigenvalue weighted by Crippen LogP contribution is 2.34. The second-order valence-electron chi connectivity index (χ2n) is 5.66. The van der Waals surface area contributed by atoms with Crippen molar-refractivity contribution in [3.05, 3.63) is 48.0 Å². The molecule has 0 saturated carbocycles. The van der Waals surface area contributed by atoms with Crippen LogP contribution in [0.4, 0.5) is 13.2 Å². The minimum atomic E-state index is -4.24. The molecule has 2 nitrogen and oxygen atoms in total. The second kappa shape index (κ2) is 5.63. The SMILES string of the molecule is O=C(c1cccc2ccccc12)N1CCCC(C(F)(F)F)C1. The van der Waals surface area contributed by atoms with Crippen LogP contribution >= 0.6 is 0 Å². The lowest BCUT2D eigenvalue weighted by Gasteiger charge is -2.34. The van der Waals surface area contributed by atoms with E-state index in [-0.39, 0.29) is 18.9 Å². The van der Waals surface area contributed by atoms with Crippen molar-refractivity contribution in [1.82, 2.24) is 4.90 Å². The zero-order valence-electron chi connectivity index (χ0n) is 11.9. The van der Waals surface area contributed by atoms with Gasteiger partial charge in [-0.2, -0.15) is 13.2 Å². The Morgan fingerprint density at radius 3 is 2.59 bits per heavy atom. The lowest BCUT2D eigenvalue weighted by molar-refractivity contribution is -0.184. The summed E-state index contributed by atoms with van der Waals surface area (Å²) in [6.45, 7) is 0.139. The summed E-state index contributed by atoms with van der Waals surface area (Å²) >= 11 is 0. The van der Waals surface area contributed by atoms with E-state index in [4.69, 9.17) is 0 Å². The average Bonchev–Trinajstić information content (AvgIpc) is 2.53. The van der Waals surface area contributed by atoms with Gasteiger partial charge in [0, 0.05) is 18.7 Å². The number of rotatable bonds is 1. The van der Waals surface area contributed by atoms with Crippen LogP contribution in [-0.2, 0) is 0 Å². The van der Waals surface area contributed by atoms with Gasteiger partial charge in [-0.25, -0.2) is 0 Å². The molecule has 1 aliphatic rings. The van der Waals surface area contributed by atoms with Gasteiger partial charge in [-0.1, -0.05) is 36.4 Å². The first-order valence-electron chi connectivity index (χ1n) is 7.30. The van der Waals surface area contributed by atoms with Gasteiger partial charge in [0.15, 0.2) is 0 Å². The molecule has 0 aromatic heterocycles. The fourth-order valence-electron chi connectivity index (χ4n) is 3.01. The Morgan fingerprint density at radius 1 is 1.09 bits per heavy atom. The van der Waals surface area contributed by atoms with Crippen molar-refractivity contribution in [1.29, 1.82) is 0 Å². The summed E-state index contributed by atoms with van der Waals surface area (Å²) in [6.07, 6.45) is -3.75. The number of fused-ring (bicyclic) bond motifs is 1. The van der Waals surface area contributed by atoms with Gasteiger partial charge in [0.1, 0.15) is 0 Å². The molecule has 2 aromatic rings. The molecule has 1 heterocycles. The summed E-state index contributed by atoms with van der Waals surface area (Å²) in [5, 5.41) is 1.70. The molecule has 0 bridgehead atoms. The number of hydrogen-bond acceptors (Lipinski definition) is 1. The van der Waals surface area contributed by atoms with E-state index in [1.54, 1.807) is 12.1 Å². The second-order valence-corrected chi connectivity index (χ2v) is 5.66. The highest BCUT2D eigenvalue weighted by atomic mass is 19.4. The molecule has 0 aliphatic carbocycles. The predicted octanol–water partition coefficient (Wildman–Crippen LogP) is 4.25. The number of piperidine rings is 1. The van der Waals surface area contributed by atoms with Gasteiger partial charge in [0.25, 0.3) is 5.91 Å². The predicted molar refractivity (Wildman–Crippen MR) is 78.6 cm³/mol. The van der Waals surface area contributed by atoms with Crippen molar-refractivity contribution >= 4 is 16.7 Å². The van der Waals surface area contributed by atoms with E-state index in [2.05, 4.69) is 0 Å². The normalized spacial score (nSPS) is 19.4. The van der Waals surface area contributed by atoms with Crippen LogP contribution in [0.3, 0.4) is 0 Å². The highest BCUT2D eigenvalue weighted by Gasteiger charge is 2.42. The van der Waals surface area contributed by atoms with Gasteiger partial charge in [-0.15, -0.1) is 0 Å². The number of carbonyl (C=O) groups excluding carboxylic acids is 1. The van der Waals surface area contributed by atoms with Crippen LogP contribution < -0.4 is 0 Å². The van der Waals surface area contributed by atoms with Gasteiger partial charge >= 0.3 is 6.18 Å². The molecule has 1 atom stereocenters. The molecule has 1 unspecified atom stereocenters. The van der Waals surface area contributed by atoms with Crippen molar-refractivity contribution in [3.8, 4) is 0 Å². The van der Waals surface area contributed by atoms with Crippen LogP contribution in [-0.4, -0.2) is 30.1 Å². The number of benzene rings is 2. The Morgan fingerprint density at radius 2 is 1.82 bits per heavy atom. The van der Waals surface area contributed by atoms with E-state index in [9.17, 15) is 18.0 Å². The van der Waals surface area contributed by atoms with Gasteiger partial charge in [0.2, 0.25) is 0 Å². The third-order valence-electron chi connectivity index (χ3n) is 4.19. The third-order valence-corrected chi connectivity index (χ3v) is 4.19. The van der Waals surface area contributed by atoms with Gasteiger partial charge in [-0.05, 0) is 29.7 Å². The van der Waals surface area contributed by atoms with Crippen LogP contribution in [0.5, 0.6) is 0 Å². The maximum Gasteiger partial charge on any atom is 0.393 e. The molecule has 3 rings (SSSR count).